The van der Waals surface area contributed by atoms with Crippen LogP contribution < -0.4 is 14.8 Å². The highest BCUT2D eigenvalue weighted by atomic mass is 35.5. The second-order valence-corrected chi connectivity index (χ2v) is 9.20. The van der Waals surface area contributed by atoms with E-state index in [2.05, 4.69) is 52.8 Å². The Kier molecular flexibility index (Phi) is 12.5. The van der Waals surface area contributed by atoms with Crippen LogP contribution in [0.25, 0.3) is 0 Å². The fraction of sp³-hybridized carbons (Fsp3) is 0.370. The first kappa shape index (κ1) is 29.5. The molecule has 8 heteroatoms. The summed E-state index contributed by atoms with van der Waals surface area (Å²) in [6, 6.07) is 15.0. The van der Waals surface area contributed by atoms with E-state index in [0.29, 0.717) is 23.1 Å². The van der Waals surface area contributed by atoms with Crippen molar-refractivity contribution in [2.45, 2.75) is 44.6 Å². The zero-order chi connectivity index (χ0) is 23.0. The molecule has 1 aromatic heterocycles. The standard InChI is InChI=1S/C27H30Cl2N2O2.2ClH/c1-32-26-14-20-11-12-31-25(15-22-23(28)17-30-18-24(22)29)21(20)16-27(26)33-13-7-3-6-10-19-8-4-2-5-9-19;;/h2,4-5,8-9,14,16-18,25,31H,3,6-7,10-13,15H2,1H3;2*1H. The van der Waals surface area contributed by atoms with E-state index in [9.17, 15) is 0 Å². The SMILES string of the molecule is COc1cc2c(cc1OCCCCCc1ccccc1)C(Cc1c(Cl)cncc1Cl)NCC2.Cl.Cl. The molecule has 1 atom stereocenters. The van der Waals surface area contributed by atoms with Gasteiger partial charge in [0.25, 0.3) is 0 Å². The van der Waals surface area contributed by atoms with Crippen molar-refractivity contribution in [2.75, 3.05) is 20.3 Å². The third-order valence-electron chi connectivity index (χ3n) is 6.16. The molecule has 35 heavy (non-hydrogen) atoms. The topological polar surface area (TPSA) is 43.4 Å². The Morgan fingerprint density at radius 2 is 1.71 bits per heavy atom. The molecule has 0 fully saturated rings. The lowest BCUT2D eigenvalue weighted by molar-refractivity contribution is 0.284. The van der Waals surface area contributed by atoms with Gasteiger partial charge in [0.1, 0.15) is 0 Å². The van der Waals surface area contributed by atoms with Gasteiger partial charge in [-0.2, -0.15) is 0 Å². The number of hydrogen-bond acceptors (Lipinski definition) is 4. The number of aromatic nitrogens is 1. The molecule has 0 saturated carbocycles. The summed E-state index contributed by atoms with van der Waals surface area (Å²) in [6.07, 6.45) is 9.34. The molecule has 0 spiro atoms. The summed E-state index contributed by atoms with van der Waals surface area (Å²) in [5.74, 6) is 1.58. The molecule has 1 aliphatic rings. The monoisotopic (exact) mass is 556 g/mol. The van der Waals surface area contributed by atoms with Crippen LogP contribution in [0.2, 0.25) is 10.0 Å². The van der Waals surface area contributed by atoms with Gasteiger partial charge in [0, 0.05) is 18.4 Å². The molecule has 0 saturated heterocycles. The van der Waals surface area contributed by atoms with E-state index in [-0.39, 0.29) is 30.9 Å². The minimum Gasteiger partial charge on any atom is -0.493 e. The van der Waals surface area contributed by atoms with Crippen LogP contribution in [-0.4, -0.2) is 25.2 Å². The van der Waals surface area contributed by atoms with Crippen molar-refractivity contribution in [3.8, 4) is 11.5 Å². The molecule has 2 aromatic carbocycles. The van der Waals surface area contributed by atoms with Gasteiger partial charge >= 0.3 is 0 Å². The fourth-order valence-electron chi connectivity index (χ4n) is 4.38. The molecule has 3 aromatic rings. The summed E-state index contributed by atoms with van der Waals surface area (Å²) in [7, 11) is 1.70. The highest BCUT2D eigenvalue weighted by Gasteiger charge is 2.24. The quantitative estimate of drug-likeness (QED) is 0.263. The summed E-state index contributed by atoms with van der Waals surface area (Å²) in [5.41, 5.74) is 4.79. The summed E-state index contributed by atoms with van der Waals surface area (Å²) in [5, 5.41) is 4.80. The van der Waals surface area contributed by atoms with E-state index in [1.807, 2.05) is 0 Å². The molecule has 1 N–H and O–H groups in total. The molecule has 190 valence electrons. The summed E-state index contributed by atoms with van der Waals surface area (Å²) >= 11 is 12.8. The number of hydrogen-bond donors (Lipinski definition) is 1. The number of aryl methyl sites for hydroxylation is 1. The Morgan fingerprint density at radius 3 is 2.43 bits per heavy atom. The van der Waals surface area contributed by atoms with Gasteiger partial charge in [-0.3, -0.25) is 4.98 Å². The van der Waals surface area contributed by atoms with E-state index < -0.39 is 0 Å². The highest BCUT2D eigenvalue weighted by molar-refractivity contribution is 6.35. The molecule has 0 amide bonds. The minimum absolute atomic E-state index is 0. The average Bonchev–Trinajstić information content (AvgIpc) is 2.84. The Hall–Kier alpha value is -1.69. The van der Waals surface area contributed by atoms with Crippen LogP contribution in [0.5, 0.6) is 11.5 Å². The predicted molar refractivity (Wildman–Crippen MR) is 149 cm³/mol. The first-order chi connectivity index (χ1) is 16.2. The van der Waals surface area contributed by atoms with Crippen molar-refractivity contribution in [2.24, 2.45) is 0 Å². The van der Waals surface area contributed by atoms with Crippen LogP contribution in [0.1, 0.15) is 47.6 Å². The first-order valence-electron chi connectivity index (χ1n) is 11.5. The van der Waals surface area contributed by atoms with E-state index in [1.54, 1.807) is 19.5 Å². The molecule has 0 aliphatic carbocycles. The molecule has 0 radical (unpaired) electrons. The number of rotatable bonds is 10. The first-order valence-corrected chi connectivity index (χ1v) is 12.3. The van der Waals surface area contributed by atoms with Crippen molar-refractivity contribution in [1.82, 2.24) is 10.3 Å². The number of pyridine rings is 1. The molecule has 4 nitrogen and oxygen atoms in total. The summed E-state index contributed by atoms with van der Waals surface area (Å²) in [4.78, 5) is 4.07. The van der Waals surface area contributed by atoms with Crippen molar-refractivity contribution >= 4 is 48.0 Å². The number of fused-ring (bicyclic) bond motifs is 1. The molecular weight excluding hydrogens is 526 g/mol. The Morgan fingerprint density at radius 1 is 0.971 bits per heavy atom. The number of benzene rings is 2. The van der Waals surface area contributed by atoms with Gasteiger partial charge in [0.15, 0.2) is 11.5 Å². The fourth-order valence-corrected chi connectivity index (χ4v) is 4.90. The molecule has 1 aliphatic heterocycles. The van der Waals surface area contributed by atoms with Crippen LogP contribution in [0.15, 0.2) is 54.9 Å². The Labute approximate surface area is 230 Å². The normalized spacial score (nSPS) is 14.3. The highest BCUT2D eigenvalue weighted by Crippen LogP contribution is 2.38. The predicted octanol–water partition coefficient (Wildman–Crippen LogP) is 7.46. The van der Waals surface area contributed by atoms with Crippen molar-refractivity contribution in [1.29, 1.82) is 0 Å². The van der Waals surface area contributed by atoms with Crippen LogP contribution in [0.4, 0.5) is 0 Å². The van der Waals surface area contributed by atoms with Gasteiger partial charge in [0.2, 0.25) is 0 Å². The van der Waals surface area contributed by atoms with Gasteiger partial charge < -0.3 is 14.8 Å². The molecule has 2 heterocycles. The third kappa shape index (κ3) is 7.90. The van der Waals surface area contributed by atoms with Gasteiger partial charge in [-0.05, 0) is 79.5 Å². The Balaban J connectivity index is 0.00000216. The van der Waals surface area contributed by atoms with Gasteiger partial charge in [-0.1, -0.05) is 53.5 Å². The molecule has 1 unspecified atom stereocenters. The van der Waals surface area contributed by atoms with Crippen LogP contribution >= 0.6 is 48.0 Å². The minimum atomic E-state index is 0. The lowest BCUT2D eigenvalue weighted by Crippen LogP contribution is -2.31. The maximum Gasteiger partial charge on any atom is 0.161 e. The van der Waals surface area contributed by atoms with E-state index >= 15 is 0 Å². The van der Waals surface area contributed by atoms with Crippen LogP contribution in [0.3, 0.4) is 0 Å². The number of nitrogens with one attached hydrogen (secondary N) is 1. The van der Waals surface area contributed by atoms with Crippen molar-refractivity contribution in [3.63, 3.8) is 0 Å². The number of halogens is 4. The van der Waals surface area contributed by atoms with E-state index in [4.69, 9.17) is 32.7 Å². The van der Waals surface area contributed by atoms with Crippen LogP contribution in [-0.2, 0) is 19.3 Å². The summed E-state index contributed by atoms with van der Waals surface area (Å²) < 4.78 is 11.8. The lowest BCUT2D eigenvalue weighted by atomic mass is 9.90. The van der Waals surface area contributed by atoms with E-state index in [0.717, 1.165) is 55.7 Å². The Bertz CT molecular complexity index is 1050. The van der Waals surface area contributed by atoms with Gasteiger partial charge in [-0.15, -0.1) is 24.8 Å². The zero-order valence-electron chi connectivity index (χ0n) is 19.8. The maximum absolute atomic E-state index is 6.38. The smallest absolute Gasteiger partial charge is 0.161 e. The van der Waals surface area contributed by atoms with Crippen LogP contribution in [0, 0.1) is 0 Å². The third-order valence-corrected chi connectivity index (χ3v) is 6.81. The summed E-state index contributed by atoms with van der Waals surface area (Å²) in [6.45, 7) is 1.56. The van der Waals surface area contributed by atoms with Crippen molar-refractivity contribution in [3.05, 3.63) is 87.2 Å². The number of methoxy groups -OCH3 is 1. The largest absolute Gasteiger partial charge is 0.493 e. The average molecular weight is 558 g/mol. The number of nitrogens with zero attached hydrogens (tertiary/aromatic N) is 1. The maximum atomic E-state index is 6.38. The second kappa shape index (κ2) is 14.8. The lowest BCUT2D eigenvalue weighted by Gasteiger charge is -2.29. The van der Waals surface area contributed by atoms with Gasteiger partial charge in [0.05, 0.1) is 23.8 Å². The van der Waals surface area contributed by atoms with E-state index in [1.165, 1.54) is 16.7 Å². The number of unbranched alkanes of at least 4 members (excludes halogenated alkanes) is 2. The number of ether oxygens (including phenoxy) is 2. The molecular formula is C27H32Cl4N2O2. The molecule has 0 bridgehead atoms. The van der Waals surface area contributed by atoms with Gasteiger partial charge in [-0.25, -0.2) is 0 Å². The second-order valence-electron chi connectivity index (χ2n) is 8.39. The molecule has 4 rings (SSSR count). The zero-order valence-corrected chi connectivity index (χ0v) is 22.9. The van der Waals surface area contributed by atoms with Crippen molar-refractivity contribution < 1.29 is 9.47 Å².